The molecule has 80 valence electrons. The quantitative estimate of drug-likeness (QED) is 0.576. The van der Waals surface area contributed by atoms with E-state index in [9.17, 15) is 0 Å². The summed E-state index contributed by atoms with van der Waals surface area (Å²) >= 11 is 0. The first kappa shape index (κ1) is 13.4. The van der Waals surface area contributed by atoms with E-state index in [1.54, 1.807) is 6.08 Å². The Bertz CT molecular complexity index is 309. The van der Waals surface area contributed by atoms with Crippen molar-refractivity contribution in [2.24, 2.45) is 0 Å². The highest BCUT2D eigenvalue weighted by molar-refractivity contribution is 5.47. The third-order valence-electron chi connectivity index (χ3n) is 1.79. The summed E-state index contributed by atoms with van der Waals surface area (Å²) in [5, 5.41) is 0. The minimum absolute atomic E-state index is 0.998. The molecule has 0 aromatic heterocycles. The monoisotopic (exact) mass is 200 g/mol. The molecule has 1 aliphatic carbocycles. The molecule has 0 unspecified atom stereocenters. The normalized spacial score (nSPS) is 13.9. The first-order chi connectivity index (χ1) is 7.34. The fourth-order valence-electron chi connectivity index (χ4n) is 1.07. The van der Waals surface area contributed by atoms with Gasteiger partial charge in [0.2, 0.25) is 0 Å². The van der Waals surface area contributed by atoms with Crippen molar-refractivity contribution in [3.8, 4) is 0 Å². The van der Waals surface area contributed by atoms with Crippen molar-refractivity contribution in [1.82, 2.24) is 0 Å². The van der Waals surface area contributed by atoms with Gasteiger partial charge in [-0.2, -0.15) is 0 Å². The number of hydrogen-bond donors (Lipinski definition) is 0. The number of allylic oxidation sites excluding steroid dienone is 10. The van der Waals surface area contributed by atoms with E-state index in [1.807, 2.05) is 26.0 Å². The van der Waals surface area contributed by atoms with E-state index in [0.29, 0.717) is 0 Å². The molecule has 0 aromatic rings. The Morgan fingerprint density at radius 2 is 2.07 bits per heavy atom. The molecule has 0 heteroatoms. The van der Waals surface area contributed by atoms with Crippen molar-refractivity contribution >= 4 is 0 Å². The van der Waals surface area contributed by atoms with Gasteiger partial charge in [-0.25, -0.2) is 0 Å². The Morgan fingerprint density at radius 1 is 1.33 bits per heavy atom. The van der Waals surface area contributed by atoms with Crippen LogP contribution in [0.2, 0.25) is 0 Å². The highest BCUT2D eigenvalue weighted by Gasteiger charge is 1.94. The zero-order chi connectivity index (χ0) is 11.5. The lowest BCUT2D eigenvalue weighted by molar-refractivity contribution is 1.40. The Labute approximate surface area is 93.7 Å². The van der Waals surface area contributed by atoms with Gasteiger partial charge in [-0.15, -0.1) is 0 Å². The summed E-state index contributed by atoms with van der Waals surface area (Å²) in [6.07, 6.45) is 17.1. The van der Waals surface area contributed by atoms with Crippen LogP contribution in [0.1, 0.15) is 20.3 Å². The first-order valence-corrected chi connectivity index (χ1v) is 5.36. The van der Waals surface area contributed by atoms with Gasteiger partial charge in [0.15, 0.2) is 0 Å². The van der Waals surface area contributed by atoms with Crippen LogP contribution in [0.3, 0.4) is 0 Å². The van der Waals surface area contributed by atoms with Crippen LogP contribution in [-0.4, -0.2) is 0 Å². The Kier molecular flexibility index (Phi) is 8.08. The molecule has 0 aromatic carbocycles. The van der Waals surface area contributed by atoms with Crippen LogP contribution in [0.15, 0.2) is 72.9 Å². The van der Waals surface area contributed by atoms with Gasteiger partial charge >= 0.3 is 0 Å². The van der Waals surface area contributed by atoms with Crippen LogP contribution in [0.5, 0.6) is 0 Å². The molecule has 0 bridgehead atoms. The van der Waals surface area contributed by atoms with Crippen molar-refractivity contribution in [3.63, 3.8) is 0 Å². The molecule has 0 spiro atoms. The Morgan fingerprint density at radius 3 is 2.73 bits per heavy atom. The number of hydrogen-bond acceptors (Lipinski definition) is 0. The molecule has 1 aliphatic rings. The standard InChI is InChI=1S/C13H14.C2H6/c1-3-4-9-12(2)13-10-7-5-6-8-11-13;1-2/h3-5,7-11H,1-2,6H2;1-2H3/b9-4-;. The van der Waals surface area contributed by atoms with E-state index in [0.717, 1.165) is 17.6 Å². The molecule has 0 saturated heterocycles. The Hall–Kier alpha value is -1.56. The number of rotatable bonds is 3. The van der Waals surface area contributed by atoms with E-state index in [4.69, 9.17) is 0 Å². The predicted molar refractivity (Wildman–Crippen MR) is 70.8 cm³/mol. The molecule has 0 heterocycles. The van der Waals surface area contributed by atoms with Gasteiger partial charge in [0.1, 0.15) is 0 Å². The van der Waals surface area contributed by atoms with E-state index >= 15 is 0 Å². The molecule has 0 radical (unpaired) electrons. The summed E-state index contributed by atoms with van der Waals surface area (Å²) in [6, 6.07) is 0. The van der Waals surface area contributed by atoms with Crippen LogP contribution in [0.25, 0.3) is 0 Å². The maximum absolute atomic E-state index is 3.97. The molecule has 0 nitrogen and oxygen atoms in total. The summed E-state index contributed by atoms with van der Waals surface area (Å²) in [5.74, 6) is 0. The van der Waals surface area contributed by atoms with Crippen LogP contribution in [-0.2, 0) is 0 Å². The highest BCUT2D eigenvalue weighted by Crippen LogP contribution is 2.14. The average molecular weight is 200 g/mol. The molecular weight excluding hydrogens is 180 g/mol. The third kappa shape index (κ3) is 5.69. The average Bonchev–Trinajstić information content (AvgIpc) is 2.57. The van der Waals surface area contributed by atoms with Crippen LogP contribution in [0.4, 0.5) is 0 Å². The second-order valence-corrected chi connectivity index (χ2v) is 2.81. The first-order valence-electron chi connectivity index (χ1n) is 5.36. The lowest BCUT2D eigenvalue weighted by Gasteiger charge is -1.98. The van der Waals surface area contributed by atoms with Crippen LogP contribution >= 0.6 is 0 Å². The second kappa shape index (κ2) is 9.01. The zero-order valence-electron chi connectivity index (χ0n) is 9.74. The van der Waals surface area contributed by atoms with E-state index in [1.165, 1.54) is 0 Å². The molecular formula is C15H20. The minimum atomic E-state index is 0.998. The maximum Gasteiger partial charge on any atom is -0.0163 e. The molecule has 0 amide bonds. The summed E-state index contributed by atoms with van der Waals surface area (Å²) in [4.78, 5) is 0. The molecule has 1 rings (SSSR count). The van der Waals surface area contributed by atoms with Gasteiger partial charge in [0.25, 0.3) is 0 Å². The van der Waals surface area contributed by atoms with E-state index in [2.05, 4.69) is 43.5 Å². The summed E-state index contributed by atoms with van der Waals surface area (Å²) in [6.45, 7) is 11.6. The van der Waals surface area contributed by atoms with Gasteiger partial charge in [0.05, 0.1) is 0 Å². The summed E-state index contributed by atoms with van der Waals surface area (Å²) < 4.78 is 0. The molecule has 0 N–H and O–H groups in total. The molecule has 0 saturated carbocycles. The lowest BCUT2D eigenvalue weighted by atomic mass is 10.1. The van der Waals surface area contributed by atoms with Gasteiger partial charge in [0, 0.05) is 0 Å². The SMILES string of the molecule is C=C/C=C\C(=C)C1=CC=CCC=C1.CC. The van der Waals surface area contributed by atoms with E-state index < -0.39 is 0 Å². The maximum atomic E-state index is 3.97. The molecule has 0 atom stereocenters. The van der Waals surface area contributed by atoms with E-state index in [-0.39, 0.29) is 0 Å². The van der Waals surface area contributed by atoms with Crippen molar-refractivity contribution in [2.45, 2.75) is 20.3 Å². The third-order valence-corrected chi connectivity index (χ3v) is 1.79. The van der Waals surface area contributed by atoms with Gasteiger partial charge in [-0.1, -0.05) is 75.6 Å². The smallest absolute Gasteiger partial charge is 0.0163 e. The molecule has 0 fully saturated rings. The largest absolute Gasteiger partial charge is 0.0991 e. The van der Waals surface area contributed by atoms with Gasteiger partial charge < -0.3 is 0 Å². The van der Waals surface area contributed by atoms with Gasteiger partial charge in [-0.05, 0) is 17.6 Å². The summed E-state index contributed by atoms with van der Waals surface area (Å²) in [5.41, 5.74) is 2.18. The Balaban J connectivity index is 0.000000921. The second-order valence-electron chi connectivity index (χ2n) is 2.81. The topological polar surface area (TPSA) is 0 Å². The fraction of sp³-hybridized carbons (Fsp3) is 0.200. The zero-order valence-corrected chi connectivity index (χ0v) is 9.74. The highest BCUT2D eigenvalue weighted by atomic mass is 14.0. The van der Waals surface area contributed by atoms with Crippen molar-refractivity contribution in [2.75, 3.05) is 0 Å². The van der Waals surface area contributed by atoms with Crippen molar-refractivity contribution < 1.29 is 0 Å². The fourth-order valence-corrected chi connectivity index (χ4v) is 1.07. The molecule has 15 heavy (non-hydrogen) atoms. The lowest BCUT2D eigenvalue weighted by Crippen LogP contribution is -1.78. The van der Waals surface area contributed by atoms with Crippen LogP contribution in [0, 0.1) is 0 Å². The minimum Gasteiger partial charge on any atom is -0.0991 e. The summed E-state index contributed by atoms with van der Waals surface area (Å²) in [7, 11) is 0. The predicted octanol–water partition coefficient (Wildman–Crippen LogP) is 4.75. The van der Waals surface area contributed by atoms with Crippen molar-refractivity contribution in [1.29, 1.82) is 0 Å². The van der Waals surface area contributed by atoms with Crippen LogP contribution < -0.4 is 0 Å². The molecule has 0 aliphatic heterocycles. The van der Waals surface area contributed by atoms with Gasteiger partial charge in [-0.3, -0.25) is 0 Å². The van der Waals surface area contributed by atoms with Crippen molar-refractivity contribution in [3.05, 3.63) is 72.9 Å².